The minimum atomic E-state index is 0.620. The summed E-state index contributed by atoms with van der Waals surface area (Å²) in [7, 11) is 1.67. The van der Waals surface area contributed by atoms with Gasteiger partial charge in [0.25, 0.3) is 0 Å². The number of para-hydroxylation sites is 1. The van der Waals surface area contributed by atoms with Crippen molar-refractivity contribution in [3.8, 4) is 5.88 Å². The predicted molar refractivity (Wildman–Crippen MR) is 73.1 cm³/mol. The van der Waals surface area contributed by atoms with Crippen LogP contribution in [0.15, 0.2) is 30.3 Å². The Balaban J connectivity index is 2.09. The van der Waals surface area contributed by atoms with Crippen molar-refractivity contribution in [2.75, 3.05) is 20.2 Å². The number of nitrogens with one attached hydrogen (secondary N) is 1. The Morgan fingerprint density at radius 3 is 2.78 bits per heavy atom. The molecule has 3 nitrogen and oxygen atoms in total. The molecule has 0 bridgehead atoms. The summed E-state index contributed by atoms with van der Waals surface area (Å²) in [6, 6.07) is 10.5. The topological polar surface area (TPSA) is 34.1 Å². The summed E-state index contributed by atoms with van der Waals surface area (Å²) in [6.07, 6.45) is 2.38. The zero-order valence-corrected chi connectivity index (χ0v) is 10.6. The standard InChI is InChI=1S/C15H18N2O/c1-18-14-6-5-12-3-2-4-13(15(12)17-14)11-7-9-16-10-8-11/h2-6,11,16H,7-10H2,1H3. The van der Waals surface area contributed by atoms with Crippen LogP contribution in [0.1, 0.15) is 24.3 Å². The van der Waals surface area contributed by atoms with Gasteiger partial charge in [0.15, 0.2) is 0 Å². The highest BCUT2D eigenvalue weighted by atomic mass is 16.5. The quantitative estimate of drug-likeness (QED) is 0.879. The Hall–Kier alpha value is -1.61. The van der Waals surface area contributed by atoms with E-state index in [0.717, 1.165) is 18.6 Å². The SMILES string of the molecule is COc1ccc2cccc(C3CCNCC3)c2n1. The lowest BCUT2D eigenvalue weighted by molar-refractivity contribution is 0.399. The first kappa shape index (κ1) is 11.5. The molecule has 1 aromatic carbocycles. The Kier molecular flexibility index (Phi) is 3.15. The molecule has 1 N–H and O–H groups in total. The normalized spacial score (nSPS) is 16.9. The van der Waals surface area contributed by atoms with Crippen molar-refractivity contribution < 1.29 is 4.74 Å². The fourth-order valence-corrected chi connectivity index (χ4v) is 2.73. The third-order valence-corrected chi connectivity index (χ3v) is 3.71. The highest BCUT2D eigenvalue weighted by molar-refractivity contribution is 5.82. The second kappa shape index (κ2) is 4.94. The van der Waals surface area contributed by atoms with E-state index in [1.54, 1.807) is 7.11 Å². The number of rotatable bonds is 2. The molecule has 0 spiro atoms. The number of piperidine rings is 1. The number of nitrogens with zero attached hydrogens (tertiary/aromatic N) is 1. The van der Waals surface area contributed by atoms with Gasteiger partial charge in [-0.2, -0.15) is 0 Å². The van der Waals surface area contributed by atoms with E-state index in [4.69, 9.17) is 4.74 Å². The maximum absolute atomic E-state index is 5.24. The van der Waals surface area contributed by atoms with Crippen molar-refractivity contribution in [2.24, 2.45) is 0 Å². The first-order valence-electron chi connectivity index (χ1n) is 6.53. The van der Waals surface area contributed by atoms with E-state index in [1.165, 1.54) is 23.8 Å². The van der Waals surface area contributed by atoms with Crippen LogP contribution in [0, 0.1) is 0 Å². The number of fused-ring (bicyclic) bond motifs is 1. The number of aromatic nitrogens is 1. The molecule has 1 saturated heterocycles. The van der Waals surface area contributed by atoms with E-state index in [-0.39, 0.29) is 0 Å². The van der Waals surface area contributed by atoms with Gasteiger partial charge in [-0.3, -0.25) is 0 Å². The summed E-state index contributed by atoms with van der Waals surface area (Å²) in [6.45, 7) is 2.20. The molecule has 2 aromatic rings. The largest absolute Gasteiger partial charge is 0.481 e. The molecule has 3 heteroatoms. The molecule has 94 valence electrons. The van der Waals surface area contributed by atoms with E-state index in [1.807, 2.05) is 6.07 Å². The van der Waals surface area contributed by atoms with Crippen LogP contribution in [-0.2, 0) is 0 Å². The molecule has 0 aliphatic carbocycles. The number of hydrogen-bond donors (Lipinski definition) is 1. The van der Waals surface area contributed by atoms with Crippen LogP contribution in [0.3, 0.4) is 0 Å². The van der Waals surface area contributed by atoms with Gasteiger partial charge in [0.05, 0.1) is 12.6 Å². The summed E-state index contributed by atoms with van der Waals surface area (Å²) in [4.78, 5) is 4.63. The number of pyridine rings is 1. The first-order chi connectivity index (χ1) is 8.88. The lowest BCUT2D eigenvalue weighted by atomic mass is 9.89. The Bertz CT molecular complexity index is 547. The van der Waals surface area contributed by atoms with Crippen LogP contribution in [0.2, 0.25) is 0 Å². The second-order valence-electron chi connectivity index (χ2n) is 4.80. The average Bonchev–Trinajstić information content (AvgIpc) is 2.47. The van der Waals surface area contributed by atoms with Gasteiger partial charge in [0, 0.05) is 11.5 Å². The fraction of sp³-hybridized carbons (Fsp3) is 0.400. The second-order valence-corrected chi connectivity index (χ2v) is 4.80. The highest BCUT2D eigenvalue weighted by Gasteiger charge is 2.18. The van der Waals surface area contributed by atoms with Crippen LogP contribution in [0.25, 0.3) is 10.9 Å². The van der Waals surface area contributed by atoms with E-state index >= 15 is 0 Å². The number of benzene rings is 1. The minimum Gasteiger partial charge on any atom is -0.481 e. The van der Waals surface area contributed by atoms with E-state index < -0.39 is 0 Å². The molecule has 18 heavy (non-hydrogen) atoms. The number of ether oxygens (including phenoxy) is 1. The van der Waals surface area contributed by atoms with Crippen molar-refractivity contribution in [1.82, 2.24) is 10.3 Å². The smallest absolute Gasteiger partial charge is 0.213 e. The summed E-state index contributed by atoms with van der Waals surface area (Å²) in [5, 5.41) is 4.61. The molecular formula is C15H18N2O. The van der Waals surface area contributed by atoms with Crippen LogP contribution in [0.5, 0.6) is 5.88 Å². The molecule has 3 rings (SSSR count). The molecule has 1 fully saturated rings. The predicted octanol–water partition coefficient (Wildman–Crippen LogP) is 2.71. The first-order valence-corrected chi connectivity index (χ1v) is 6.53. The third kappa shape index (κ3) is 2.06. The summed E-state index contributed by atoms with van der Waals surface area (Å²) >= 11 is 0. The molecule has 2 heterocycles. The van der Waals surface area contributed by atoms with Crippen LogP contribution in [0.4, 0.5) is 0 Å². The van der Waals surface area contributed by atoms with Gasteiger partial charge in [0.2, 0.25) is 5.88 Å². The summed E-state index contributed by atoms with van der Waals surface area (Å²) in [5.41, 5.74) is 2.47. The molecular weight excluding hydrogens is 224 g/mol. The maximum Gasteiger partial charge on any atom is 0.213 e. The number of methoxy groups -OCH3 is 1. The number of hydrogen-bond acceptors (Lipinski definition) is 3. The van der Waals surface area contributed by atoms with Crippen molar-refractivity contribution in [3.05, 3.63) is 35.9 Å². The molecule has 0 saturated carbocycles. The molecule has 1 aliphatic heterocycles. The van der Waals surface area contributed by atoms with Gasteiger partial charge in [-0.25, -0.2) is 4.98 Å². The van der Waals surface area contributed by atoms with Gasteiger partial charge in [-0.05, 0) is 43.5 Å². The fourth-order valence-electron chi connectivity index (χ4n) is 2.73. The van der Waals surface area contributed by atoms with E-state index in [2.05, 4.69) is 34.6 Å². The van der Waals surface area contributed by atoms with E-state index in [0.29, 0.717) is 11.8 Å². The van der Waals surface area contributed by atoms with Gasteiger partial charge < -0.3 is 10.1 Å². The zero-order chi connectivity index (χ0) is 12.4. The highest BCUT2D eigenvalue weighted by Crippen LogP contribution is 2.31. The van der Waals surface area contributed by atoms with Crippen LogP contribution >= 0.6 is 0 Å². The van der Waals surface area contributed by atoms with Gasteiger partial charge in [-0.1, -0.05) is 18.2 Å². The lowest BCUT2D eigenvalue weighted by Gasteiger charge is -2.23. The van der Waals surface area contributed by atoms with Crippen molar-refractivity contribution in [1.29, 1.82) is 0 Å². The van der Waals surface area contributed by atoms with Gasteiger partial charge >= 0.3 is 0 Å². The minimum absolute atomic E-state index is 0.620. The van der Waals surface area contributed by atoms with Crippen molar-refractivity contribution >= 4 is 10.9 Å². The monoisotopic (exact) mass is 242 g/mol. The molecule has 0 amide bonds. The maximum atomic E-state index is 5.24. The molecule has 1 aliphatic rings. The summed E-state index contributed by atoms with van der Waals surface area (Å²) < 4.78 is 5.24. The van der Waals surface area contributed by atoms with Gasteiger partial charge in [0.1, 0.15) is 0 Å². The molecule has 0 radical (unpaired) electrons. The zero-order valence-electron chi connectivity index (χ0n) is 10.6. The van der Waals surface area contributed by atoms with Crippen LogP contribution < -0.4 is 10.1 Å². The molecule has 0 atom stereocenters. The lowest BCUT2D eigenvalue weighted by Crippen LogP contribution is -2.26. The van der Waals surface area contributed by atoms with Crippen molar-refractivity contribution in [2.45, 2.75) is 18.8 Å². The molecule has 0 unspecified atom stereocenters. The average molecular weight is 242 g/mol. The van der Waals surface area contributed by atoms with Crippen LogP contribution in [-0.4, -0.2) is 25.2 Å². The van der Waals surface area contributed by atoms with E-state index in [9.17, 15) is 0 Å². The Morgan fingerprint density at radius 1 is 1.17 bits per heavy atom. The Morgan fingerprint density at radius 2 is 2.00 bits per heavy atom. The van der Waals surface area contributed by atoms with Gasteiger partial charge in [-0.15, -0.1) is 0 Å². The summed E-state index contributed by atoms with van der Waals surface area (Å²) in [5.74, 6) is 1.32. The van der Waals surface area contributed by atoms with Crippen molar-refractivity contribution in [3.63, 3.8) is 0 Å². The molecule has 1 aromatic heterocycles. The third-order valence-electron chi connectivity index (χ3n) is 3.71. The Labute approximate surface area is 107 Å².